The molecule has 1 heterocycles. The second-order valence-electron chi connectivity index (χ2n) is 8.66. The Kier molecular flexibility index (Phi) is 6.44. The molecule has 0 amide bonds. The number of rotatable bonds is 5. The molecule has 2 atom stereocenters. The number of hydrogen-bond acceptors (Lipinski definition) is 6. The van der Waals surface area contributed by atoms with Crippen LogP contribution in [-0.2, 0) is 14.3 Å². The highest BCUT2D eigenvalue weighted by molar-refractivity contribution is 6.08. The molecule has 166 valence electrons. The van der Waals surface area contributed by atoms with E-state index in [9.17, 15) is 9.59 Å². The molecule has 1 aromatic carbocycles. The number of ketones is 1. The summed E-state index contributed by atoms with van der Waals surface area (Å²) in [6.07, 6.45) is 7.17. The van der Waals surface area contributed by atoms with E-state index in [0.717, 1.165) is 49.8 Å². The molecular formula is C25H31NO5. The van der Waals surface area contributed by atoms with E-state index in [1.54, 1.807) is 14.2 Å². The molecule has 0 aromatic heterocycles. The molecule has 0 saturated heterocycles. The van der Waals surface area contributed by atoms with Crippen molar-refractivity contribution in [1.82, 2.24) is 0 Å². The monoisotopic (exact) mass is 425 g/mol. The number of nitrogens with zero attached hydrogens (tertiary/aromatic N) is 1. The molecule has 1 aliphatic heterocycles. The van der Waals surface area contributed by atoms with Crippen LogP contribution in [0.15, 0.2) is 34.5 Å². The van der Waals surface area contributed by atoms with E-state index in [4.69, 9.17) is 19.2 Å². The van der Waals surface area contributed by atoms with Crippen molar-refractivity contribution in [2.45, 2.75) is 70.3 Å². The van der Waals surface area contributed by atoms with Gasteiger partial charge in [-0.15, -0.1) is 0 Å². The maximum atomic E-state index is 13.4. The molecule has 31 heavy (non-hydrogen) atoms. The quantitative estimate of drug-likeness (QED) is 0.636. The van der Waals surface area contributed by atoms with Crippen LogP contribution in [0.5, 0.6) is 11.5 Å². The Morgan fingerprint density at radius 2 is 1.74 bits per heavy atom. The van der Waals surface area contributed by atoms with Gasteiger partial charge in [-0.05, 0) is 63.1 Å². The van der Waals surface area contributed by atoms with Gasteiger partial charge in [0.1, 0.15) is 12.0 Å². The second kappa shape index (κ2) is 9.25. The molecule has 1 aromatic rings. The molecule has 2 aliphatic carbocycles. The number of hydrogen-bond donors (Lipinski definition) is 0. The van der Waals surface area contributed by atoms with E-state index in [1.807, 2.05) is 25.1 Å². The van der Waals surface area contributed by atoms with E-state index in [0.29, 0.717) is 29.2 Å². The molecule has 0 bridgehead atoms. The van der Waals surface area contributed by atoms with Gasteiger partial charge in [0.2, 0.25) is 0 Å². The number of methoxy groups -OCH3 is 2. The summed E-state index contributed by atoms with van der Waals surface area (Å²) < 4.78 is 16.8. The average molecular weight is 426 g/mol. The Bertz CT molecular complexity index is 926. The van der Waals surface area contributed by atoms with Crippen molar-refractivity contribution in [3.05, 3.63) is 35.0 Å². The first-order valence-corrected chi connectivity index (χ1v) is 11.3. The Hall–Kier alpha value is -2.63. The Morgan fingerprint density at radius 3 is 2.45 bits per heavy atom. The van der Waals surface area contributed by atoms with Crippen LogP contribution in [0.25, 0.3) is 0 Å². The smallest absolute Gasteiger partial charge is 0.315 e. The molecule has 6 heteroatoms. The third kappa shape index (κ3) is 4.25. The zero-order chi connectivity index (χ0) is 22.0. The van der Waals surface area contributed by atoms with E-state index >= 15 is 0 Å². The molecular weight excluding hydrogens is 394 g/mol. The summed E-state index contributed by atoms with van der Waals surface area (Å²) >= 11 is 0. The maximum absolute atomic E-state index is 13.4. The minimum atomic E-state index is -0.610. The Balaban J connectivity index is 1.75. The Morgan fingerprint density at radius 1 is 1.00 bits per heavy atom. The lowest BCUT2D eigenvalue weighted by Gasteiger charge is -2.35. The van der Waals surface area contributed by atoms with Gasteiger partial charge in [-0.1, -0.05) is 12.5 Å². The zero-order valence-corrected chi connectivity index (χ0v) is 18.6. The van der Waals surface area contributed by atoms with Gasteiger partial charge in [0.05, 0.1) is 14.2 Å². The van der Waals surface area contributed by atoms with Gasteiger partial charge in [-0.25, -0.2) is 0 Å². The van der Waals surface area contributed by atoms with Crippen molar-refractivity contribution >= 4 is 17.5 Å². The SMILES string of the molecule is COc1ccc([C@@H]2C3=C(CCCC3=O)N=C(C)C2C(=O)OC2CCCCC2)cc1OC. The lowest BCUT2D eigenvalue weighted by atomic mass is 9.71. The summed E-state index contributed by atoms with van der Waals surface area (Å²) in [7, 11) is 3.17. The zero-order valence-electron chi connectivity index (χ0n) is 18.6. The number of carbonyl (C=O) groups excluding carboxylic acids is 2. The molecule has 3 aliphatic rings. The minimum absolute atomic E-state index is 0.0439. The lowest BCUT2D eigenvalue weighted by Crippen LogP contribution is -2.38. The molecule has 0 spiro atoms. The third-order valence-electron chi connectivity index (χ3n) is 6.69. The van der Waals surface area contributed by atoms with Gasteiger partial charge in [0, 0.05) is 29.3 Å². The summed E-state index contributed by atoms with van der Waals surface area (Å²) in [6, 6.07) is 5.61. The van der Waals surface area contributed by atoms with Crippen LogP contribution in [0, 0.1) is 5.92 Å². The molecule has 0 N–H and O–H groups in total. The van der Waals surface area contributed by atoms with E-state index in [-0.39, 0.29) is 17.9 Å². The summed E-state index contributed by atoms with van der Waals surface area (Å²) in [5.41, 5.74) is 3.04. The van der Waals surface area contributed by atoms with Gasteiger partial charge < -0.3 is 14.2 Å². The van der Waals surface area contributed by atoms with Gasteiger partial charge >= 0.3 is 5.97 Å². The fourth-order valence-electron chi connectivity index (χ4n) is 5.14. The van der Waals surface area contributed by atoms with Gasteiger partial charge in [-0.2, -0.15) is 0 Å². The largest absolute Gasteiger partial charge is 0.493 e. The van der Waals surface area contributed by atoms with Crippen LogP contribution in [0.4, 0.5) is 0 Å². The van der Waals surface area contributed by atoms with Crippen molar-refractivity contribution in [1.29, 1.82) is 0 Å². The van der Waals surface area contributed by atoms with Gasteiger partial charge in [0.25, 0.3) is 0 Å². The second-order valence-corrected chi connectivity index (χ2v) is 8.66. The molecule has 1 unspecified atom stereocenters. The van der Waals surface area contributed by atoms with Crippen molar-refractivity contribution in [2.75, 3.05) is 14.2 Å². The summed E-state index contributed by atoms with van der Waals surface area (Å²) in [4.78, 5) is 31.2. The van der Waals surface area contributed by atoms with Crippen molar-refractivity contribution in [3.63, 3.8) is 0 Å². The van der Waals surface area contributed by atoms with E-state index < -0.39 is 11.8 Å². The Labute approximate surface area is 183 Å². The molecule has 4 rings (SSSR count). The van der Waals surface area contributed by atoms with E-state index in [1.165, 1.54) is 6.42 Å². The first-order valence-electron chi connectivity index (χ1n) is 11.3. The number of carbonyl (C=O) groups is 2. The highest BCUT2D eigenvalue weighted by Crippen LogP contribution is 2.45. The van der Waals surface area contributed by atoms with Crippen molar-refractivity contribution in [2.24, 2.45) is 10.9 Å². The number of allylic oxidation sites excluding steroid dienone is 2. The molecule has 0 radical (unpaired) electrons. The minimum Gasteiger partial charge on any atom is -0.493 e. The first kappa shape index (κ1) is 21.6. The van der Waals surface area contributed by atoms with Crippen LogP contribution >= 0.6 is 0 Å². The topological polar surface area (TPSA) is 74.2 Å². The fraction of sp³-hybridized carbons (Fsp3) is 0.560. The molecule has 1 saturated carbocycles. The average Bonchev–Trinajstić information content (AvgIpc) is 2.78. The predicted octanol–water partition coefficient (Wildman–Crippen LogP) is 4.76. The van der Waals surface area contributed by atoms with Crippen LogP contribution < -0.4 is 9.47 Å². The summed E-state index contributed by atoms with van der Waals surface area (Å²) in [5, 5.41) is 0. The highest BCUT2D eigenvalue weighted by Gasteiger charge is 2.44. The summed E-state index contributed by atoms with van der Waals surface area (Å²) in [5.74, 6) is -0.0504. The number of benzene rings is 1. The standard InChI is InChI=1S/C25H31NO5/c1-15-22(25(28)31-17-8-5-4-6-9-17)23(24-18(26-15)10-7-11-19(24)27)16-12-13-20(29-2)21(14-16)30-3/h12-14,17,22-23H,4-11H2,1-3H3/t22?,23-/m0/s1. The molecule has 6 nitrogen and oxygen atoms in total. The highest BCUT2D eigenvalue weighted by atomic mass is 16.5. The molecule has 1 fully saturated rings. The van der Waals surface area contributed by atoms with Crippen molar-refractivity contribution in [3.8, 4) is 11.5 Å². The normalized spacial score (nSPS) is 24.4. The van der Waals surface area contributed by atoms with Gasteiger partial charge in [-0.3, -0.25) is 14.6 Å². The number of esters is 1. The van der Waals surface area contributed by atoms with Crippen molar-refractivity contribution < 1.29 is 23.8 Å². The third-order valence-corrected chi connectivity index (χ3v) is 6.69. The van der Waals surface area contributed by atoms with Crippen LogP contribution in [0.2, 0.25) is 0 Å². The first-order chi connectivity index (χ1) is 15.0. The summed E-state index contributed by atoms with van der Waals surface area (Å²) in [6.45, 7) is 1.88. The number of aliphatic imine (C=N–C) groups is 1. The van der Waals surface area contributed by atoms with Gasteiger partial charge in [0.15, 0.2) is 17.3 Å². The number of Topliss-reactive ketones (excluding diaryl/α,β-unsaturated/α-hetero) is 1. The van der Waals surface area contributed by atoms with Crippen LogP contribution in [-0.4, -0.2) is 37.8 Å². The van der Waals surface area contributed by atoms with Crippen LogP contribution in [0.1, 0.15) is 69.8 Å². The maximum Gasteiger partial charge on any atom is 0.315 e. The van der Waals surface area contributed by atoms with E-state index in [2.05, 4.69) is 0 Å². The van der Waals surface area contributed by atoms with Crippen LogP contribution in [0.3, 0.4) is 0 Å². The lowest BCUT2D eigenvalue weighted by molar-refractivity contribution is -0.153. The number of ether oxygens (including phenoxy) is 3. The predicted molar refractivity (Wildman–Crippen MR) is 118 cm³/mol. The fourth-order valence-corrected chi connectivity index (χ4v) is 5.14.